The van der Waals surface area contributed by atoms with Crippen LogP contribution in [0.25, 0.3) is 10.1 Å². The van der Waals surface area contributed by atoms with E-state index in [1.165, 1.54) is 11.3 Å². The van der Waals surface area contributed by atoms with E-state index in [2.05, 4.69) is 0 Å². The van der Waals surface area contributed by atoms with E-state index >= 15 is 0 Å². The van der Waals surface area contributed by atoms with E-state index in [-0.39, 0.29) is 11.8 Å². The van der Waals surface area contributed by atoms with Gasteiger partial charge in [-0.25, -0.2) is 0 Å². The fraction of sp³-hybridized carbons (Fsp3) is 0.412. The number of amides is 2. The van der Waals surface area contributed by atoms with Gasteiger partial charge < -0.3 is 9.80 Å². The number of carbonyl (C=O) groups excluding carboxylic acids is 2. The Bertz CT molecular complexity index is 743. The van der Waals surface area contributed by atoms with Gasteiger partial charge in [0.1, 0.15) is 4.88 Å². The van der Waals surface area contributed by atoms with Gasteiger partial charge >= 0.3 is 0 Å². The zero-order valence-corrected chi connectivity index (χ0v) is 14.6. The first kappa shape index (κ1) is 16.3. The number of nitrogens with zero attached hydrogens (tertiary/aromatic N) is 2. The number of rotatable bonds is 2. The largest absolute Gasteiger partial charge is 0.341 e. The number of carbonyl (C=O) groups is 2. The number of hydrogen-bond donors (Lipinski definition) is 0. The quantitative estimate of drug-likeness (QED) is 0.829. The van der Waals surface area contributed by atoms with Gasteiger partial charge in [0.25, 0.3) is 5.91 Å². The molecule has 2 amide bonds. The minimum atomic E-state index is -0.0259. The number of halogens is 1. The Kier molecular flexibility index (Phi) is 4.87. The van der Waals surface area contributed by atoms with Crippen molar-refractivity contribution >= 4 is 44.8 Å². The minimum Gasteiger partial charge on any atom is -0.341 e. The summed E-state index contributed by atoms with van der Waals surface area (Å²) in [6.45, 7) is 4.41. The molecule has 4 nitrogen and oxygen atoms in total. The topological polar surface area (TPSA) is 40.6 Å². The van der Waals surface area contributed by atoms with Gasteiger partial charge in [-0.2, -0.15) is 0 Å². The molecule has 0 unspecified atom stereocenters. The van der Waals surface area contributed by atoms with Crippen LogP contribution in [-0.4, -0.2) is 47.8 Å². The molecular weight excluding hydrogens is 332 g/mol. The standard InChI is InChI=1S/C17H19ClN2O2S/c1-2-14(21)19-8-5-9-20(11-10-19)17(22)16-15(18)12-6-3-4-7-13(12)23-16/h3-4,6-7H,2,5,8-11H2,1H3. The first-order valence-electron chi connectivity index (χ1n) is 7.86. The molecule has 2 aromatic rings. The van der Waals surface area contributed by atoms with Gasteiger partial charge in [0, 0.05) is 42.7 Å². The maximum Gasteiger partial charge on any atom is 0.265 e. The van der Waals surface area contributed by atoms with Crippen molar-refractivity contribution in [3.63, 3.8) is 0 Å². The van der Waals surface area contributed by atoms with E-state index < -0.39 is 0 Å². The highest BCUT2D eigenvalue weighted by molar-refractivity contribution is 7.21. The molecule has 0 bridgehead atoms. The minimum absolute atomic E-state index is 0.0259. The van der Waals surface area contributed by atoms with E-state index in [1.54, 1.807) is 0 Å². The molecule has 0 saturated carbocycles. The van der Waals surface area contributed by atoms with Gasteiger partial charge in [0.2, 0.25) is 5.91 Å². The van der Waals surface area contributed by atoms with Crippen molar-refractivity contribution in [1.29, 1.82) is 0 Å². The van der Waals surface area contributed by atoms with Gasteiger partial charge in [-0.05, 0) is 12.5 Å². The molecule has 1 fully saturated rings. The first-order chi connectivity index (χ1) is 11.1. The summed E-state index contributed by atoms with van der Waals surface area (Å²) in [4.78, 5) is 28.9. The molecule has 2 heterocycles. The smallest absolute Gasteiger partial charge is 0.265 e. The molecule has 0 N–H and O–H groups in total. The van der Waals surface area contributed by atoms with Gasteiger partial charge in [0.15, 0.2) is 0 Å². The highest BCUT2D eigenvalue weighted by Gasteiger charge is 2.25. The highest BCUT2D eigenvalue weighted by atomic mass is 35.5. The van der Waals surface area contributed by atoms with Crippen molar-refractivity contribution in [1.82, 2.24) is 9.80 Å². The second-order valence-corrected chi connectivity index (χ2v) is 7.05. The third-order valence-electron chi connectivity index (χ3n) is 4.17. The third kappa shape index (κ3) is 3.21. The highest BCUT2D eigenvalue weighted by Crippen LogP contribution is 2.36. The zero-order valence-electron chi connectivity index (χ0n) is 13.0. The fourth-order valence-corrected chi connectivity index (χ4v) is 4.37. The van der Waals surface area contributed by atoms with Gasteiger partial charge in [-0.1, -0.05) is 36.7 Å². The van der Waals surface area contributed by atoms with E-state index in [0.29, 0.717) is 36.0 Å². The normalized spacial score (nSPS) is 15.7. The lowest BCUT2D eigenvalue weighted by molar-refractivity contribution is -0.130. The van der Waals surface area contributed by atoms with Crippen molar-refractivity contribution in [2.75, 3.05) is 26.2 Å². The maximum atomic E-state index is 12.8. The SMILES string of the molecule is CCC(=O)N1CCCN(C(=O)c2sc3ccccc3c2Cl)CC1. The molecule has 0 atom stereocenters. The Morgan fingerprint density at radius 1 is 1.13 bits per heavy atom. The van der Waals surface area contributed by atoms with Crippen molar-refractivity contribution in [3.8, 4) is 0 Å². The summed E-state index contributed by atoms with van der Waals surface area (Å²) >= 11 is 7.85. The third-order valence-corrected chi connectivity index (χ3v) is 5.83. The van der Waals surface area contributed by atoms with Crippen molar-refractivity contribution < 1.29 is 9.59 Å². The first-order valence-corrected chi connectivity index (χ1v) is 9.05. The Hall–Kier alpha value is -1.59. The van der Waals surface area contributed by atoms with E-state index in [9.17, 15) is 9.59 Å². The molecule has 0 radical (unpaired) electrons. The van der Waals surface area contributed by atoms with Crippen LogP contribution in [0, 0.1) is 0 Å². The van der Waals surface area contributed by atoms with Crippen LogP contribution < -0.4 is 0 Å². The summed E-state index contributed by atoms with van der Waals surface area (Å²) in [6, 6.07) is 7.79. The van der Waals surface area contributed by atoms with Gasteiger partial charge in [-0.15, -0.1) is 11.3 Å². The summed E-state index contributed by atoms with van der Waals surface area (Å²) in [6.07, 6.45) is 1.32. The second-order valence-electron chi connectivity index (χ2n) is 5.62. The lowest BCUT2D eigenvalue weighted by Crippen LogP contribution is -2.36. The molecule has 1 aromatic carbocycles. The summed E-state index contributed by atoms with van der Waals surface area (Å²) in [5, 5.41) is 1.47. The van der Waals surface area contributed by atoms with E-state index in [4.69, 9.17) is 11.6 Å². The van der Waals surface area contributed by atoms with Crippen molar-refractivity contribution in [2.24, 2.45) is 0 Å². The number of hydrogen-bond acceptors (Lipinski definition) is 3. The lowest BCUT2D eigenvalue weighted by atomic mass is 10.2. The van der Waals surface area contributed by atoms with Crippen LogP contribution in [0.3, 0.4) is 0 Å². The predicted octanol–water partition coefficient (Wildman–Crippen LogP) is 3.64. The van der Waals surface area contributed by atoms with Gasteiger partial charge in [0.05, 0.1) is 5.02 Å². The van der Waals surface area contributed by atoms with E-state index in [1.807, 2.05) is 41.0 Å². The molecule has 0 aliphatic carbocycles. The second kappa shape index (κ2) is 6.89. The average Bonchev–Trinajstić information content (AvgIpc) is 2.76. The number of fused-ring (bicyclic) bond motifs is 1. The van der Waals surface area contributed by atoms with Crippen LogP contribution in [0.2, 0.25) is 5.02 Å². The van der Waals surface area contributed by atoms with Crippen LogP contribution in [0.5, 0.6) is 0 Å². The number of thiophene rings is 1. The average molecular weight is 351 g/mol. The Labute approximate surface area is 144 Å². The molecule has 0 spiro atoms. The molecule has 3 rings (SSSR count). The lowest BCUT2D eigenvalue weighted by Gasteiger charge is -2.21. The molecular formula is C17H19ClN2O2S. The summed E-state index contributed by atoms with van der Waals surface area (Å²) in [5.74, 6) is 0.126. The molecule has 23 heavy (non-hydrogen) atoms. The summed E-state index contributed by atoms with van der Waals surface area (Å²) in [7, 11) is 0. The number of benzene rings is 1. The van der Waals surface area contributed by atoms with Crippen LogP contribution in [0.1, 0.15) is 29.4 Å². The monoisotopic (exact) mass is 350 g/mol. The van der Waals surface area contributed by atoms with Crippen molar-refractivity contribution in [2.45, 2.75) is 19.8 Å². The van der Waals surface area contributed by atoms with Crippen LogP contribution in [0.15, 0.2) is 24.3 Å². The van der Waals surface area contributed by atoms with Crippen LogP contribution in [-0.2, 0) is 4.79 Å². The molecule has 1 saturated heterocycles. The maximum absolute atomic E-state index is 12.8. The van der Waals surface area contributed by atoms with E-state index in [0.717, 1.165) is 23.1 Å². The fourth-order valence-electron chi connectivity index (χ4n) is 2.89. The predicted molar refractivity (Wildman–Crippen MR) is 94.2 cm³/mol. The molecule has 1 aromatic heterocycles. The van der Waals surface area contributed by atoms with Crippen LogP contribution in [0.4, 0.5) is 0 Å². The molecule has 6 heteroatoms. The van der Waals surface area contributed by atoms with Crippen molar-refractivity contribution in [3.05, 3.63) is 34.2 Å². The molecule has 1 aliphatic heterocycles. The van der Waals surface area contributed by atoms with Gasteiger partial charge in [-0.3, -0.25) is 9.59 Å². The Balaban J connectivity index is 1.79. The van der Waals surface area contributed by atoms with Crippen LogP contribution >= 0.6 is 22.9 Å². The Morgan fingerprint density at radius 2 is 1.83 bits per heavy atom. The zero-order chi connectivity index (χ0) is 16.4. The Morgan fingerprint density at radius 3 is 2.57 bits per heavy atom. The molecule has 122 valence electrons. The summed E-state index contributed by atoms with van der Waals surface area (Å²) < 4.78 is 1.03. The summed E-state index contributed by atoms with van der Waals surface area (Å²) in [5.41, 5.74) is 0. The molecule has 1 aliphatic rings.